The Morgan fingerprint density at radius 1 is 1.33 bits per heavy atom. The third-order valence-corrected chi connectivity index (χ3v) is 6.47. The molecule has 0 saturated carbocycles. The number of para-hydroxylation sites is 1. The van der Waals surface area contributed by atoms with Gasteiger partial charge in [-0.1, -0.05) is 47.9 Å². The summed E-state index contributed by atoms with van der Waals surface area (Å²) in [5.41, 5.74) is 1.17. The van der Waals surface area contributed by atoms with Gasteiger partial charge in [-0.05, 0) is 31.2 Å². The number of allylic oxidation sites excluding steroid dienone is 3. The molecule has 124 valence electrons. The number of benzene rings is 1. The molecular formula is C17H15NO3S3. The Kier molecular flexibility index (Phi) is 5.12. The molecule has 0 bridgehead atoms. The van der Waals surface area contributed by atoms with Crippen molar-refractivity contribution in [1.82, 2.24) is 0 Å². The second kappa shape index (κ2) is 7.13. The second-order valence-electron chi connectivity index (χ2n) is 5.29. The minimum Gasteiger partial charge on any atom is -0.481 e. The molecule has 2 aliphatic heterocycles. The summed E-state index contributed by atoms with van der Waals surface area (Å²) in [4.78, 5) is 27.1. The van der Waals surface area contributed by atoms with Crippen molar-refractivity contribution in [2.24, 2.45) is 5.92 Å². The van der Waals surface area contributed by atoms with Crippen LogP contribution in [0.1, 0.15) is 13.3 Å². The molecule has 1 fully saturated rings. The van der Waals surface area contributed by atoms with Crippen LogP contribution < -0.4 is 4.90 Å². The highest BCUT2D eigenvalue weighted by Crippen LogP contribution is 2.46. The van der Waals surface area contributed by atoms with Crippen LogP contribution in [-0.2, 0) is 9.59 Å². The quantitative estimate of drug-likeness (QED) is 0.627. The first-order valence-electron chi connectivity index (χ1n) is 7.45. The first-order chi connectivity index (χ1) is 11.5. The Balaban J connectivity index is 1.83. The predicted octanol–water partition coefficient (Wildman–Crippen LogP) is 4.08. The van der Waals surface area contributed by atoms with Crippen molar-refractivity contribution in [2.75, 3.05) is 11.4 Å². The number of anilines is 1. The summed E-state index contributed by atoms with van der Waals surface area (Å²) in [5.74, 6) is -1.88. The number of rotatable bonds is 4. The molecule has 2 heterocycles. The third kappa shape index (κ3) is 3.29. The number of ketones is 1. The molecule has 1 aromatic carbocycles. The van der Waals surface area contributed by atoms with Gasteiger partial charge in [-0.15, -0.1) is 0 Å². The van der Waals surface area contributed by atoms with Gasteiger partial charge >= 0.3 is 5.97 Å². The van der Waals surface area contributed by atoms with Crippen molar-refractivity contribution in [2.45, 2.75) is 18.2 Å². The normalized spacial score (nSPS) is 23.4. The van der Waals surface area contributed by atoms with E-state index in [1.54, 1.807) is 17.8 Å². The van der Waals surface area contributed by atoms with Crippen molar-refractivity contribution in [3.05, 3.63) is 46.4 Å². The van der Waals surface area contributed by atoms with Crippen LogP contribution in [0.15, 0.2) is 51.2 Å². The summed E-state index contributed by atoms with van der Waals surface area (Å²) < 4.78 is 0.446. The van der Waals surface area contributed by atoms with Gasteiger partial charge in [0, 0.05) is 11.4 Å². The van der Waals surface area contributed by atoms with Crippen LogP contribution >= 0.6 is 35.7 Å². The van der Waals surface area contributed by atoms with E-state index in [1.165, 1.54) is 22.3 Å². The monoisotopic (exact) mass is 377 g/mol. The lowest BCUT2D eigenvalue weighted by molar-refractivity contribution is -0.139. The number of nitrogens with zero attached hydrogens (tertiary/aromatic N) is 1. The minimum absolute atomic E-state index is 0.187. The molecule has 2 aliphatic rings. The van der Waals surface area contributed by atoms with E-state index in [-0.39, 0.29) is 12.2 Å². The fourth-order valence-electron chi connectivity index (χ4n) is 2.63. The number of fused-ring (bicyclic) bond motifs is 1. The fourth-order valence-corrected chi connectivity index (χ4v) is 5.14. The van der Waals surface area contributed by atoms with Gasteiger partial charge in [-0.3, -0.25) is 9.59 Å². The van der Waals surface area contributed by atoms with Crippen LogP contribution in [0.25, 0.3) is 0 Å². The number of carbonyl (C=O) groups excluding carboxylic acids is 1. The number of carboxylic acid groups (broad SMARTS) is 1. The molecule has 24 heavy (non-hydrogen) atoms. The minimum atomic E-state index is -1.00. The molecule has 1 N–H and O–H groups in total. The standard InChI is InChI=1S/C17H15NO3S3/c1-2-18-11-5-3-4-6-12(11)23-14(18)8-7-13-16(21)10(9-15(19)20)17(22)24-13/h3-8,10H,2,9H2,1H3,(H,19,20). The summed E-state index contributed by atoms with van der Waals surface area (Å²) in [6.07, 6.45) is 3.44. The molecule has 0 amide bonds. The highest BCUT2D eigenvalue weighted by atomic mass is 32.2. The van der Waals surface area contributed by atoms with Crippen molar-refractivity contribution in [3.63, 3.8) is 0 Å². The van der Waals surface area contributed by atoms with Crippen LogP contribution in [0.4, 0.5) is 5.69 Å². The first kappa shape index (κ1) is 17.3. The number of hydrogen-bond acceptors (Lipinski definition) is 6. The zero-order chi connectivity index (χ0) is 17.3. The van der Waals surface area contributed by atoms with Crippen LogP contribution in [0.5, 0.6) is 0 Å². The highest BCUT2D eigenvalue weighted by molar-refractivity contribution is 8.27. The van der Waals surface area contributed by atoms with E-state index < -0.39 is 11.9 Å². The topological polar surface area (TPSA) is 57.6 Å². The zero-order valence-corrected chi connectivity index (χ0v) is 15.3. The van der Waals surface area contributed by atoms with E-state index in [2.05, 4.69) is 24.0 Å². The van der Waals surface area contributed by atoms with Crippen molar-refractivity contribution < 1.29 is 14.7 Å². The van der Waals surface area contributed by atoms with E-state index >= 15 is 0 Å². The number of hydrogen-bond donors (Lipinski definition) is 1. The Hall–Kier alpha value is -1.57. The predicted molar refractivity (Wildman–Crippen MR) is 102 cm³/mol. The Labute approximate surface area is 154 Å². The lowest BCUT2D eigenvalue weighted by Crippen LogP contribution is -2.17. The van der Waals surface area contributed by atoms with Crippen LogP contribution in [-0.4, -0.2) is 27.6 Å². The summed E-state index contributed by atoms with van der Waals surface area (Å²) in [5, 5.41) is 9.95. The van der Waals surface area contributed by atoms with Gasteiger partial charge < -0.3 is 10.0 Å². The maximum absolute atomic E-state index is 12.3. The zero-order valence-electron chi connectivity index (χ0n) is 12.9. The summed E-state index contributed by atoms with van der Waals surface area (Å²) in [7, 11) is 0. The van der Waals surface area contributed by atoms with Gasteiger partial charge in [0.25, 0.3) is 0 Å². The number of aliphatic carboxylic acids is 1. The van der Waals surface area contributed by atoms with Gasteiger partial charge in [-0.25, -0.2) is 0 Å². The SMILES string of the molecule is CCN1C(=CC=C2SC(=S)C(CC(=O)O)C2=O)Sc2ccccc21. The van der Waals surface area contributed by atoms with Gasteiger partial charge in [0.2, 0.25) is 0 Å². The van der Waals surface area contributed by atoms with Gasteiger partial charge in [0.05, 0.1) is 32.2 Å². The fraction of sp³-hybridized carbons (Fsp3) is 0.235. The lowest BCUT2D eigenvalue weighted by Gasteiger charge is -2.17. The largest absolute Gasteiger partial charge is 0.481 e. The molecule has 0 aromatic heterocycles. The van der Waals surface area contributed by atoms with E-state index in [4.69, 9.17) is 17.3 Å². The number of Topliss-reactive ketones (excluding diaryl/α,β-unsaturated/α-hetero) is 1. The average Bonchev–Trinajstić information content (AvgIpc) is 3.04. The molecule has 0 radical (unpaired) electrons. The molecule has 0 aliphatic carbocycles. The van der Waals surface area contributed by atoms with E-state index in [1.807, 2.05) is 18.2 Å². The Morgan fingerprint density at radius 3 is 2.79 bits per heavy atom. The molecule has 1 aromatic rings. The number of carbonyl (C=O) groups is 2. The highest BCUT2D eigenvalue weighted by Gasteiger charge is 2.36. The van der Waals surface area contributed by atoms with Gasteiger partial charge in [0.1, 0.15) is 0 Å². The maximum atomic E-state index is 12.3. The molecule has 1 unspecified atom stereocenters. The third-order valence-electron chi connectivity index (χ3n) is 3.76. The molecule has 1 saturated heterocycles. The van der Waals surface area contributed by atoms with Crippen molar-refractivity contribution >= 4 is 57.4 Å². The summed E-state index contributed by atoms with van der Waals surface area (Å²) in [6.45, 7) is 2.91. The van der Waals surface area contributed by atoms with Gasteiger partial charge in [-0.2, -0.15) is 0 Å². The maximum Gasteiger partial charge on any atom is 0.304 e. The van der Waals surface area contributed by atoms with Crippen molar-refractivity contribution in [3.8, 4) is 0 Å². The molecule has 3 rings (SSSR count). The van der Waals surface area contributed by atoms with Gasteiger partial charge in [0.15, 0.2) is 5.78 Å². The number of thioether (sulfide) groups is 2. The Morgan fingerprint density at radius 2 is 2.08 bits per heavy atom. The smallest absolute Gasteiger partial charge is 0.304 e. The van der Waals surface area contributed by atoms with Crippen LogP contribution in [0.2, 0.25) is 0 Å². The molecular weight excluding hydrogens is 362 g/mol. The first-order valence-corrected chi connectivity index (χ1v) is 9.49. The molecule has 4 nitrogen and oxygen atoms in total. The summed E-state index contributed by atoms with van der Waals surface area (Å²) >= 11 is 8.03. The van der Waals surface area contributed by atoms with Crippen molar-refractivity contribution in [1.29, 1.82) is 0 Å². The van der Waals surface area contributed by atoms with Crippen LogP contribution in [0, 0.1) is 5.92 Å². The van der Waals surface area contributed by atoms with E-state index in [0.717, 1.165) is 11.6 Å². The Bertz CT molecular complexity index is 785. The molecule has 0 spiro atoms. The molecule has 1 atom stereocenters. The lowest BCUT2D eigenvalue weighted by atomic mass is 10.0. The number of thiocarbonyl (C=S) groups is 1. The summed E-state index contributed by atoms with van der Waals surface area (Å²) in [6, 6.07) is 8.17. The van der Waals surface area contributed by atoms with E-state index in [0.29, 0.717) is 9.10 Å². The van der Waals surface area contributed by atoms with E-state index in [9.17, 15) is 9.59 Å². The second-order valence-corrected chi connectivity index (χ2v) is 8.13. The van der Waals surface area contributed by atoms with Crippen LogP contribution in [0.3, 0.4) is 0 Å². The average molecular weight is 378 g/mol. The number of carboxylic acids is 1. The molecule has 7 heteroatoms.